The second-order valence-electron chi connectivity index (χ2n) is 6.65. The first kappa shape index (κ1) is 25.2. The first-order chi connectivity index (χ1) is 15.3. The summed E-state index contributed by atoms with van der Waals surface area (Å²) in [4.78, 5) is 12.5. The molecule has 0 unspecified atom stereocenters. The molecule has 1 N–H and O–H groups in total. The summed E-state index contributed by atoms with van der Waals surface area (Å²) in [6, 6.07) is 9.82. The number of nitrogens with one attached hydrogen (secondary N) is 1. The Balaban J connectivity index is 2.29. The van der Waals surface area contributed by atoms with Gasteiger partial charge in [-0.25, -0.2) is 8.42 Å². The predicted octanol–water partition coefficient (Wildman–Crippen LogP) is 3.78. The Kier molecular flexibility index (Phi) is 9.10. The van der Waals surface area contributed by atoms with Gasteiger partial charge >= 0.3 is 0 Å². The van der Waals surface area contributed by atoms with Crippen molar-refractivity contribution >= 4 is 27.7 Å². The molecule has 1 amide bonds. The number of carbonyl (C=O) groups excluding carboxylic acids is 1. The van der Waals surface area contributed by atoms with Crippen molar-refractivity contribution in [1.82, 2.24) is 4.31 Å². The van der Waals surface area contributed by atoms with Crippen molar-refractivity contribution < 1.29 is 27.4 Å². The summed E-state index contributed by atoms with van der Waals surface area (Å²) in [6.07, 6.45) is 2.96. The van der Waals surface area contributed by atoms with E-state index in [4.69, 9.17) is 14.2 Å². The molecule has 0 aliphatic carbocycles. The highest BCUT2D eigenvalue weighted by atomic mass is 32.2. The number of ether oxygens (including phenoxy) is 3. The van der Waals surface area contributed by atoms with E-state index in [1.54, 1.807) is 71.4 Å². The van der Waals surface area contributed by atoms with Crippen LogP contribution in [0, 0.1) is 0 Å². The Bertz CT molecular complexity index is 1040. The van der Waals surface area contributed by atoms with Gasteiger partial charge in [0.25, 0.3) is 0 Å². The average Bonchev–Trinajstić information content (AvgIpc) is 2.79. The number of amides is 1. The predicted molar refractivity (Wildman–Crippen MR) is 125 cm³/mol. The first-order valence-electron chi connectivity index (χ1n) is 10.3. The minimum Gasteiger partial charge on any atom is -0.497 e. The Morgan fingerprint density at radius 3 is 2.16 bits per heavy atom. The van der Waals surface area contributed by atoms with Crippen molar-refractivity contribution in [1.29, 1.82) is 0 Å². The molecule has 2 aromatic carbocycles. The minimum absolute atomic E-state index is 0.0161. The molecule has 8 nitrogen and oxygen atoms in total. The summed E-state index contributed by atoms with van der Waals surface area (Å²) >= 11 is 0. The number of carbonyl (C=O) groups is 1. The van der Waals surface area contributed by atoms with E-state index in [2.05, 4.69) is 5.32 Å². The highest BCUT2D eigenvalue weighted by Gasteiger charge is 2.26. The van der Waals surface area contributed by atoms with Gasteiger partial charge in [-0.15, -0.1) is 0 Å². The lowest BCUT2D eigenvalue weighted by atomic mass is 10.2. The fourth-order valence-electron chi connectivity index (χ4n) is 3.05. The molecular formula is C23H30N2O6S. The number of methoxy groups -OCH3 is 2. The smallest absolute Gasteiger partial charge is 0.248 e. The molecule has 9 heteroatoms. The van der Waals surface area contributed by atoms with Crippen LogP contribution in [-0.2, 0) is 14.8 Å². The molecule has 0 heterocycles. The lowest BCUT2D eigenvalue weighted by molar-refractivity contribution is -0.111. The van der Waals surface area contributed by atoms with Crippen LogP contribution in [-0.4, -0.2) is 52.5 Å². The SMILES string of the molecule is CCOc1ccc(NC(=O)/C=C/c2cc(OC)cc(OC)c2)cc1S(=O)(=O)N(CC)CC. The van der Waals surface area contributed by atoms with E-state index in [-0.39, 0.29) is 10.6 Å². The van der Waals surface area contributed by atoms with Gasteiger partial charge in [-0.3, -0.25) is 4.79 Å². The summed E-state index contributed by atoms with van der Waals surface area (Å²) in [5.41, 5.74) is 1.06. The highest BCUT2D eigenvalue weighted by molar-refractivity contribution is 7.89. The second-order valence-corrected chi connectivity index (χ2v) is 8.56. The molecular weight excluding hydrogens is 432 g/mol. The summed E-state index contributed by atoms with van der Waals surface area (Å²) in [7, 11) is -0.679. The molecule has 0 saturated carbocycles. The number of anilines is 1. The molecule has 0 aliphatic heterocycles. The van der Waals surface area contributed by atoms with Crippen LogP contribution in [0.3, 0.4) is 0 Å². The van der Waals surface area contributed by atoms with Crippen LogP contribution in [0.1, 0.15) is 26.3 Å². The van der Waals surface area contributed by atoms with Gasteiger partial charge in [0, 0.05) is 30.9 Å². The molecule has 0 radical (unpaired) electrons. The topological polar surface area (TPSA) is 94.2 Å². The number of hydrogen-bond donors (Lipinski definition) is 1. The zero-order valence-corrected chi connectivity index (χ0v) is 19.9. The average molecular weight is 463 g/mol. The number of rotatable bonds is 11. The summed E-state index contributed by atoms with van der Waals surface area (Å²) < 4.78 is 43.4. The zero-order chi connectivity index (χ0) is 23.7. The number of sulfonamides is 1. The summed E-state index contributed by atoms with van der Waals surface area (Å²) in [5.74, 6) is 1.03. The highest BCUT2D eigenvalue weighted by Crippen LogP contribution is 2.30. The third-order valence-electron chi connectivity index (χ3n) is 4.64. The number of benzene rings is 2. The molecule has 0 spiro atoms. The van der Waals surface area contributed by atoms with Crippen LogP contribution in [0.25, 0.3) is 6.08 Å². The maximum Gasteiger partial charge on any atom is 0.248 e. The fourth-order valence-corrected chi connectivity index (χ4v) is 4.66. The van der Waals surface area contributed by atoms with E-state index >= 15 is 0 Å². The van der Waals surface area contributed by atoms with E-state index in [0.717, 1.165) is 0 Å². The molecule has 0 saturated heterocycles. The Morgan fingerprint density at radius 1 is 1.00 bits per heavy atom. The van der Waals surface area contributed by atoms with Gasteiger partial charge in [-0.2, -0.15) is 4.31 Å². The van der Waals surface area contributed by atoms with Gasteiger partial charge in [-0.05, 0) is 48.9 Å². The normalized spacial score (nSPS) is 11.6. The molecule has 2 rings (SSSR count). The van der Waals surface area contributed by atoms with Crippen molar-refractivity contribution in [2.75, 3.05) is 39.2 Å². The molecule has 0 fully saturated rings. The quantitative estimate of drug-likeness (QED) is 0.511. The molecule has 2 aromatic rings. The monoisotopic (exact) mass is 462 g/mol. The molecule has 32 heavy (non-hydrogen) atoms. The van der Waals surface area contributed by atoms with E-state index in [0.29, 0.717) is 42.4 Å². The van der Waals surface area contributed by atoms with E-state index < -0.39 is 15.9 Å². The van der Waals surface area contributed by atoms with Crippen LogP contribution in [0.4, 0.5) is 5.69 Å². The Morgan fingerprint density at radius 2 is 1.62 bits per heavy atom. The maximum absolute atomic E-state index is 13.1. The summed E-state index contributed by atoms with van der Waals surface area (Å²) in [6.45, 7) is 6.29. The third kappa shape index (κ3) is 6.24. The van der Waals surface area contributed by atoms with Crippen LogP contribution in [0.15, 0.2) is 47.4 Å². The lowest BCUT2D eigenvalue weighted by Crippen LogP contribution is -2.31. The molecule has 0 bridgehead atoms. The van der Waals surface area contributed by atoms with Gasteiger partial charge in [-0.1, -0.05) is 13.8 Å². The van der Waals surface area contributed by atoms with Crippen molar-refractivity contribution in [3.8, 4) is 17.2 Å². The summed E-state index contributed by atoms with van der Waals surface area (Å²) in [5, 5.41) is 2.70. The van der Waals surface area contributed by atoms with Gasteiger partial charge in [0.2, 0.25) is 15.9 Å². The molecule has 0 aromatic heterocycles. The van der Waals surface area contributed by atoms with Crippen molar-refractivity contribution in [3.63, 3.8) is 0 Å². The zero-order valence-electron chi connectivity index (χ0n) is 19.0. The van der Waals surface area contributed by atoms with Crippen LogP contribution in [0.2, 0.25) is 0 Å². The third-order valence-corrected chi connectivity index (χ3v) is 6.71. The minimum atomic E-state index is -3.77. The lowest BCUT2D eigenvalue weighted by Gasteiger charge is -2.21. The van der Waals surface area contributed by atoms with Crippen LogP contribution >= 0.6 is 0 Å². The number of hydrogen-bond acceptors (Lipinski definition) is 6. The van der Waals surface area contributed by atoms with Crippen molar-refractivity contribution in [2.45, 2.75) is 25.7 Å². The van der Waals surface area contributed by atoms with Crippen LogP contribution in [0.5, 0.6) is 17.2 Å². The maximum atomic E-state index is 13.1. The van der Waals surface area contributed by atoms with Crippen molar-refractivity contribution in [2.24, 2.45) is 0 Å². The standard InChI is InChI=1S/C23H30N2O6S/c1-6-25(7-2)32(27,28)22-15-18(10-11-21(22)31-8-3)24-23(26)12-9-17-13-19(29-4)16-20(14-17)30-5/h9-16H,6-8H2,1-5H3,(H,24,26)/b12-9+. The molecule has 0 atom stereocenters. The second kappa shape index (κ2) is 11.5. The van der Waals surface area contributed by atoms with E-state index in [1.165, 1.54) is 16.4 Å². The molecule has 0 aliphatic rings. The first-order valence-corrected chi connectivity index (χ1v) is 11.7. The van der Waals surface area contributed by atoms with Crippen LogP contribution < -0.4 is 19.5 Å². The van der Waals surface area contributed by atoms with Crippen molar-refractivity contribution in [3.05, 3.63) is 48.0 Å². The molecule has 174 valence electrons. The van der Waals surface area contributed by atoms with Gasteiger partial charge in [0.1, 0.15) is 22.1 Å². The Hall–Kier alpha value is -3.04. The number of nitrogens with zero attached hydrogens (tertiary/aromatic N) is 1. The largest absolute Gasteiger partial charge is 0.497 e. The van der Waals surface area contributed by atoms with Gasteiger partial charge < -0.3 is 19.5 Å². The van der Waals surface area contributed by atoms with E-state index in [1.807, 2.05) is 0 Å². The van der Waals surface area contributed by atoms with E-state index in [9.17, 15) is 13.2 Å². The fraction of sp³-hybridized carbons (Fsp3) is 0.348. The Labute approximate surface area is 189 Å². The van der Waals surface area contributed by atoms with Gasteiger partial charge in [0.15, 0.2) is 0 Å². The van der Waals surface area contributed by atoms with Gasteiger partial charge in [0.05, 0.1) is 20.8 Å².